The van der Waals surface area contributed by atoms with Crippen molar-refractivity contribution in [2.24, 2.45) is 0 Å². The van der Waals surface area contributed by atoms with Crippen LogP contribution >= 0.6 is 0 Å². The van der Waals surface area contributed by atoms with Crippen molar-refractivity contribution in [1.82, 2.24) is 5.32 Å². The van der Waals surface area contributed by atoms with Crippen molar-refractivity contribution in [3.05, 3.63) is 0 Å². The maximum Gasteiger partial charge on any atom is 0.325 e. The number of hydrogen-bond donors (Lipinski definition) is 2. The summed E-state index contributed by atoms with van der Waals surface area (Å²) in [6.45, 7) is 1.53. The van der Waals surface area contributed by atoms with Crippen LogP contribution in [0.1, 0.15) is 6.92 Å². The van der Waals surface area contributed by atoms with E-state index in [0.717, 1.165) is 0 Å². The van der Waals surface area contributed by atoms with E-state index in [1.807, 2.05) is 0 Å². The number of hydrogen-bond acceptors (Lipinski definition) is 4. The van der Waals surface area contributed by atoms with Crippen molar-refractivity contribution >= 4 is 5.97 Å². The van der Waals surface area contributed by atoms with Gasteiger partial charge in [-0.1, -0.05) is 0 Å². The minimum absolute atomic E-state index is 0.447. The first kappa shape index (κ1) is 9.39. The molecular formula is C6H13NO3. The fourth-order valence-corrected chi connectivity index (χ4v) is 0.683. The van der Waals surface area contributed by atoms with Crippen LogP contribution in [-0.4, -0.2) is 37.4 Å². The molecule has 4 heteroatoms. The molecule has 0 aromatic heterocycles. The summed E-state index contributed by atoms with van der Waals surface area (Å²) < 4.78 is 4.40. The van der Waals surface area contributed by atoms with Gasteiger partial charge in [0.1, 0.15) is 6.04 Å². The van der Waals surface area contributed by atoms with E-state index in [4.69, 9.17) is 5.11 Å². The van der Waals surface area contributed by atoms with Gasteiger partial charge in [0.05, 0.1) is 13.2 Å². The molecule has 0 fully saturated rings. The van der Waals surface area contributed by atoms with Gasteiger partial charge in [-0.3, -0.25) is 4.79 Å². The molecule has 0 spiro atoms. The van der Waals surface area contributed by atoms with Gasteiger partial charge in [-0.05, 0) is 14.0 Å². The highest BCUT2D eigenvalue weighted by molar-refractivity contribution is 5.76. The Kier molecular flexibility index (Phi) is 3.99. The van der Waals surface area contributed by atoms with Crippen LogP contribution in [0.25, 0.3) is 0 Å². The van der Waals surface area contributed by atoms with Crippen molar-refractivity contribution < 1.29 is 14.6 Å². The van der Waals surface area contributed by atoms with Crippen molar-refractivity contribution in [3.8, 4) is 0 Å². The largest absolute Gasteiger partial charge is 0.468 e. The fraction of sp³-hybridized carbons (Fsp3) is 0.833. The van der Waals surface area contributed by atoms with Crippen LogP contribution in [0.3, 0.4) is 0 Å². The lowest BCUT2D eigenvalue weighted by Crippen LogP contribution is -2.43. The van der Waals surface area contributed by atoms with Crippen LogP contribution in [0.4, 0.5) is 0 Å². The van der Waals surface area contributed by atoms with E-state index < -0.39 is 18.1 Å². The lowest BCUT2D eigenvalue weighted by Gasteiger charge is -2.15. The van der Waals surface area contributed by atoms with E-state index in [0.29, 0.717) is 0 Å². The molecule has 0 amide bonds. The Morgan fingerprint density at radius 2 is 2.20 bits per heavy atom. The smallest absolute Gasteiger partial charge is 0.325 e. The third-order valence-corrected chi connectivity index (χ3v) is 1.25. The third-order valence-electron chi connectivity index (χ3n) is 1.25. The Hall–Kier alpha value is -0.610. The fourth-order valence-electron chi connectivity index (χ4n) is 0.683. The highest BCUT2D eigenvalue weighted by Crippen LogP contribution is 1.93. The molecule has 0 saturated heterocycles. The molecule has 4 nitrogen and oxygen atoms in total. The molecule has 0 heterocycles. The number of likely N-dealkylation sites (N-methyl/N-ethyl adjacent to an activating group) is 1. The Morgan fingerprint density at radius 1 is 1.70 bits per heavy atom. The van der Waals surface area contributed by atoms with Crippen LogP contribution in [0.2, 0.25) is 0 Å². The summed E-state index contributed by atoms with van der Waals surface area (Å²) in [4.78, 5) is 10.7. The summed E-state index contributed by atoms with van der Waals surface area (Å²) in [7, 11) is 2.88. The van der Waals surface area contributed by atoms with Crippen LogP contribution in [0.15, 0.2) is 0 Å². The zero-order valence-electron chi connectivity index (χ0n) is 6.42. The number of ether oxygens (including phenoxy) is 1. The number of rotatable bonds is 3. The zero-order valence-corrected chi connectivity index (χ0v) is 6.42. The lowest BCUT2D eigenvalue weighted by molar-refractivity contribution is -0.145. The molecule has 2 atom stereocenters. The van der Waals surface area contributed by atoms with Gasteiger partial charge in [0, 0.05) is 0 Å². The normalized spacial score (nSPS) is 16.0. The minimum Gasteiger partial charge on any atom is -0.468 e. The minimum atomic E-state index is -0.725. The van der Waals surface area contributed by atoms with E-state index in [2.05, 4.69) is 10.1 Å². The third kappa shape index (κ3) is 2.33. The molecule has 0 radical (unpaired) electrons. The van der Waals surface area contributed by atoms with Gasteiger partial charge >= 0.3 is 5.97 Å². The highest BCUT2D eigenvalue weighted by atomic mass is 16.5. The average molecular weight is 147 g/mol. The maximum absolute atomic E-state index is 10.7. The molecule has 0 saturated carbocycles. The van der Waals surface area contributed by atoms with E-state index in [1.54, 1.807) is 7.05 Å². The monoisotopic (exact) mass is 147 g/mol. The van der Waals surface area contributed by atoms with Gasteiger partial charge in [-0.25, -0.2) is 0 Å². The maximum atomic E-state index is 10.7. The van der Waals surface area contributed by atoms with Crippen molar-refractivity contribution in [2.75, 3.05) is 14.2 Å². The Bertz CT molecular complexity index is 114. The van der Waals surface area contributed by atoms with Gasteiger partial charge < -0.3 is 15.2 Å². The molecular weight excluding hydrogens is 134 g/mol. The van der Waals surface area contributed by atoms with Crippen LogP contribution in [0.5, 0.6) is 0 Å². The van der Waals surface area contributed by atoms with Gasteiger partial charge in [-0.15, -0.1) is 0 Å². The second-order valence-corrected chi connectivity index (χ2v) is 2.03. The van der Waals surface area contributed by atoms with Gasteiger partial charge in [-0.2, -0.15) is 0 Å². The van der Waals surface area contributed by atoms with Gasteiger partial charge in [0.25, 0.3) is 0 Å². The summed E-state index contributed by atoms with van der Waals surface area (Å²) in [6.07, 6.45) is -0.725. The number of carbonyl (C=O) groups is 1. The van der Waals surface area contributed by atoms with E-state index >= 15 is 0 Å². The average Bonchev–Trinajstić information content (AvgIpc) is 1.88. The summed E-state index contributed by atoms with van der Waals surface area (Å²) >= 11 is 0. The summed E-state index contributed by atoms with van der Waals surface area (Å²) in [5, 5.41) is 11.6. The quantitative estimate of drug-likeness (QED) is 0.509. The molecule has 2 N–H and O–H groups in total. The lowest BCUT2D eigenvalue weighted by atomic mass is 10.2. The molecule has 0 aromatic carbocycles. The summed E-state index contributed by atoms with van der Waals surface area (Å²) in [5.41, 5.74) is 0. The van der Waals surface area contributed by atoms with Crippen molar-refractivity contribution in [2.45, 2.75) is 19.1 Å². The predicted octanol–water partition coefficient (Wildman–Crippen LogP) is -0.872. The molecule has 0 aliphatic rings. The number of methoxy groups -OCH3 is 1. The first-order valence-electron chi connectivity index (χ1n) is 3.06. The Morgan fingerprint density at radius 3 is 2.30 bits per heavy atom. The van der Waals surface area contributed by atoms with Crippen molar-refractivity contribution in [3.63, 3.8) is 0 Å². The molecule has 0 bridgehead atoms. The number of esters is 1. The second kappa shape index (κ2) is 4.24. The Labute approximate surface area is 60.2 Å². The molecule has 10 heavy (non-hydrogen) atoms. The highest BCUT2D eigenvalue weighted by Gasteiger charge is 2.21. The van der Waals surface area contributed by atoms with E-state index in [9.17, 15) is 4.79 Å². The SMILES string of the molecule is CN[C@@H](C(=O)OC)[C@@H](C)O. The molecule has 0 aliphatic heterocycles. The van der Waals surface area contributed by atoms with E-state index in [1.165, 1.54) is 14.0 Å². The standard InChI is InChI=1S/C6H13NO3/c1-4(8)5(7-2)6(9)10-3/h4-5,7-8H,1-3H3/t4-,5-/m1/s1. The van der Waals surface area contributed by atoms with Gasteiger partial charge in [0.2, 0.25) is 0 Å². The number of aliphatic hydroxyl groups excluding tert-OH is 1. The molecule has 60 valence electrons. The number of nitrogens with one attached hydrogen (secondary N) is 1. The van der Waals surface area contributed by atoms with E-state index in [-0.39, 0.29) is 0 Å². The Balaban J connectivity index is 3.93. The van der Waals surface area contributed by atoms with Crippen LogP contribution < -0.4 is 5.32 Å². The van der Waals surface area contributed by atoms with Crippen molar-refractivity contribution in [1.29, 1.82) is 0 Å². The second-order valence-electron chi connectivity index (χ2n) is 2.03. The molecule has 0 unspecified atom stereocenters. The summed E-state index contributed by atoms with van der Waals surface area (Å²) in [6, 6.07) is -0.620. The molecule has 0 rings (SSSR count). The first-order valence-corrected chi connectivity index (χ1v) is 3.06. The predicted molar refractivity (Wildman–Crippen MR) is 36.5 cm³/mol. The number of carbonyl (C=O) groups excluding carboxylic acids is 1. The summed E-state index contributed by atoms with van der Waals surface area (Å²) in [5.74, 6) is -0.447. The molecule has 0 aromatic rings. The zero-order chi connectivity index (χ0) is 8.15. The van der Waals surface area contributed by atoms with Crippen LogP contribution in [-0.2, 0) is 9.53 Å². The number of aliphatic hydroxyl groups is 1. The topological polar surface area (TPSA) is 58.6 Å². The van der Waals surface area contributed by atoms with Gasteiger partial charge in [0.15, 0.2) is 0 Å². The molecule has 0 aliphatic carbocycles. The first-order chi connectivity index (χ1) is 4.63. The van der Waals surface area contributed by atoms with Crippen LogP contribution in [0, 0.1) is 0 Å².